The second kappa shape index (κ2) is 10.1. The zero-order valence-electron chi connectivity index (χ0n) is 17.9. The Labute approximate surface area is 191 Å². The average molecular weight is 450 g/mol. The van der Waals surface area contributed by atoms with Gasteiger partial charge in [-0.15, -0.1) is 0 Å². The highest BCUT2D eigenvalue weighted by Crippen LogP contribution is 2.18. The molecule has 4 aromatic rings. The number of para-hydroxylation sites is 1. The topological polar surface area (TPSA) is 84.4 Å². The molecule has 0 saturated carbocycles. The molecular weight excluding hydrogens is 426 g/mol. The molecule has 0 radical (unpaired) electrons. The van der Waals surface area contributed by atoms with E-state index in [-0.39, 0.29) is 0 Å². The molecule has 2 heterocycles. The summed E-state index contributed by atoms with van der Waals surface area (Å²) in [5, 5.41) is 12.5. The van der Waals surface area contributed by atoms with E-state index < -0.39 is 0 Å². The van der Waals surface area contributed by atoms with Gasteiger partial charge in [-0.1, -0.05) is 35.0 Å². The van der Waals surface area contributed by atoms with Crippen LogP contribution < -0.4 is 5.32 Å². The molecule has 164 valence electrons. The van der Waals surface area contributed by atoms with E-state index in [1.807, 2.05) is 71.5 Å². The number of hydrogen-bond donors (Lipinski definition) is 1. The Morgan fingerprint density at radius 3 is 2.69 bits per heavy atom. The van der Waals surface area contributed by atoms with Crippen molar-refractivity contribution in [2.75, 3.05) is 20.6 Å². The largest absolute Gasteiger partial charge is 0.356 e. The highest BCUT2D eigenvalue weighted by molar-refractivity contribution is 6.30. The first-order valence-corrected chi connectivity index (χ1v) is 10.6. The van der Waals surface area contributed by atoms with Crippen molar-refractivity contribution in [2.45, 2.75) is 13.0 Å². The first kappa shape index (κ1) is 21.6. The molecule has 0 spiro atoms. The predicted molar refractivity (Wildman–Crippen MR) is 125 cm³/mol. The van der Waals surface area contributed by atoms with Gasteiger partial charge in [0.15, 0.2) is 5.96 Å². The fourth-order valence-corrected chi connectivity index (χ4v) is 3.38. The smallest absolute Gasteiger partial charge is 0.228 e. The number of aromatic nitrogens is 4. The molecule has 0 atom stereocenters. The second-order valence-electron chi connectivity index (χ2n) is 7.23. The van der Waals surface area contributed by atoms with Gasteiger partial charge < -0.3 is 14.7 Å². The Morgan fingerprint density at radius 2 is 1.94 bits per heavy atom. The van der Waals surface area contributed by atoms with Crippen LogP contribution in [0.5, 0.6) is 0 Å². The van der Waals surface area contributed by atoms with Gasteiger partial charge in [-0.05, 0) is 36.4 Å². The van der Waals surface area contributed by atoms with E-state index in [1.54, 1.807) is 19.2 Å². The lowest BCUT2D eigenvalue weighted by Gasteiger charge is -2.21. The van der Waals surface area contributed by atoms with Crippen molar-refractivity contribution < 1.29 is 4.52 Å². The zero-order chi connectivity index (χ0) is 22.3. The predicted octanol–water partition coefficient (Wildman–Crippen LogP) is 3.83. The van der Waals surface area contributed by atoms with Crippen LogP contribution in [0.1, 0.15) is 11.5 Å². The summed E-state index contributed by atoms with van der Waals surface area (Å²) < 4.78 is 7.24. The van der Waals surface area contributed by atoms with Gasteiger partial charge in [-0.25, -0.2) is 4.68 Å². The van der Waals surface area contributed by atoms with E-state index >= 15 is 0 Å². The van der Waals surface area contributed by atoms with Gasteiger partial charge in [0, 0.05) is 56.0 Å². The molecule has 9 heteroatoms. The molecule has 0 amide bonds. The highest BCUT2D eigenvalue weighted by atomic mass is 35.5. The molecule has 1 N–H and O–H groups in total. The maximum absolute atomic E-state index is 5.93. The molecule has 0 unspecified atom stereocenters. The number of nitrogens with one attached hydrogen (secondary N) is 1. The van der Waals surface area contributed by atoms with Gasteiger partial charge in [-0.3, -0.25) is 4.99 Å². The Morgan fingerprint density at radius 1 is 1.16 bits per heavy atom. The number of guanidine groups is 1. The van der Waals surface area contributed by atoms with Crippen LogP contribution in [0.25, 0.3) is 17.1 Å². The van der Waals surface area contributed by atoms with Gasteiger partial charge in [0.25, 0.3) is 0 Å². The van der Waals surface area contributed by atoms with Gasteiger partial charge in [0.05, 0.1) is 11.9 Å². The van der Waals surface area contributed by atoms with E-state index in [1.165, 1.54) is 0 Å². The van der Waals surface area contributed by atoms with Crippen LogP contribution in [-0.4, -0.2) is 51.4 Å². The minimum absolute atomic E-state index is 0.550. The maximum atomic E-state index is 5.93. The Bertz CT molecular complexity index is 1170. The van der Waals surface area contributed by atoms with Crippen molar-refractivity contribution in [3.8, 4) is 17.1 Å². The van der Waals surface area contributed by atoms with E-state index in [9.17, 15) is 0 Å². The van der Waals surface area contributed by atoms with Crippen LogP contribution in [0.3, 0.4) is 0 Å². The molecule has 0 bridgehead atoms. The van der Waals surface area contributed by atoms with Crippen LogP contribution in [0.2, 0.25) is 5.02 Å². The minimum Gasteiger partial charge on any atom is -0.356 e. The molecule has 0 aliphatic rings. The lowest BCUT2D eigenvalue weighted by atomic mass is 10.2. The van der Waals surface area contributed by atoms with Crippen LogP contribution in [0.15, 0.2) is 76.5 Å². The Kier molecular flexibility index (Phi) is 6.81. The third kappa shape index (κ3) is 5.33. The average Bonchev–Trinajstić information content (AvgIpc) is 3.48. The summed E-state index contributed by atoms with van der Waals surface area (Å²) in [7, 11) is 3.75. The summed E-state index contributed by atoms with van der Waals surface area (Å²) in [5.41, 5.74) is 2.98. The third-order valence-electron chi connectivity index (χ3n) is 4.84. The number of nitrogens with zero attached hydrogens (tertiary/aromatic N) is 6. The summed E-state index contributed by atoms with van der Waals surface area (Å²) in [5.74, 6) is 1.88. The van der Waals surface area contributed by atoms with Crippen LogP contribution in [0, 0.1) is 0 Å². The van der Waals surface area contributed by atoms with E-state index in [2.05, 4.69) is 25.5 Å². The summed E-state index contributed by atoms with van der Waals surface area (Å²) in [4.78, 5) is 10.9. The molecular formula is C23H24ClN7O. The van der Waals surface area contributed by atoms with Gasteiger partial charge in [0.2, 0.25) is 11.7 Å². The number of benzene rings is 2. The van der Waals surface area contributed by atoms with Crippen molar-refractivity contribution in [1.29, 1.82) is 0 Å². The number of hydrogen-bond acceptors (Lipinski definition) is 5. The normalized spacial score (nSPS) is 11.5. The summed E-state index contributed by atoms with van der Waals surface area (Å²) >= 11 is 5.93. The fourth-order valence-electron chi connectivity index (χ4n) is 3.25. The first-order valence-electron chi connectivity index (χ1n) is 10.2. The highest BCUT2D eigenvalue weighted by Gasteiger charge is 2.11. The van der Waals surface area contributed by atoms with Crippen LogP contribution in [0.4, 0.5) is 0 Å². The SMILES string of the molecule is CN=C(NCCc1nc(-c2ccc(Cl)cc2)no1)N(C)Cc1cnn(-c2ccccc2)c1. The van der Waals surface area contributed by atoms with Crippen molar-refractivity contribution in [2.24, 2.45) is 4.99 Å². The monoisotopic (exact) mass is 449 g/mol. The van der Waals surface area contributed by atoms with Gasteiger partial charge in [0.1, 0.15) is 0 Å². The van der Waals surface area contributed by atoms with Crippen molar-refractivity contribution >= 4 is 17.6 Å². The minimum atomic E-state index is 0.550. The Hall–Kier alpha value is -3.65. The lowest BCUT2D eigenvalue weighted by molar-refractivity contribution is 0.377. The molecule has 2 aromatic carbocycles. The molecule has 32 heavy (non-hydrogen) atoms. The van der Waals surface area contributed by atoms with Crippen LogP contribution in [-0.2, 0) is 13.0 Å². The molecule has 4 rings (SSSR count). The molecule has 0 saturated heterocycles. The van der Waals surface area contributed by atoms with Crippen LogP contribution >= 0.6 is 11.6 Å². The van der Waals surface area contributed by atoms with E-state index in [4.69, 9.17) is 16.1 Å². The van der Waals surface area contributed by atoms with Gasteiger partial charge in [-0.2, -0.15) is 10.1 Å². The van der Waals surface area contributed by atoms with Gasteiger partial charge >= 0.3 is 0 Å². The third-order valence-corrected chi connectivity index (χ3v) is 5.09. The van der Waals surface area contributed by atoms with E-state index in [0.717, 1.165) is 22.8 Å². The number of rotatable bonds is 7. The quantitative estimate of drug-likeness (QED) is 0.341. The molecule has 0 fully saturated rings. The molecule has 2 aromatic heterocycles. The fraction of sp³-hybridized carbons (Fsp3) is 0.217. The molecule has 0 aliphatic heterocycles. The van der Waals surface area contributed by atoms with Crippen molar-refractivity contribution in [3.05, 3.63) is 83.5 Å². The summed E-state index contributed by atoms with van der Waals surface area (Å²) in [6.45, 7) is 1.29. The number of aliphatic imine (C=N–C) groups is 1. The van der Waals surface area contributed by atoms with Crippen molar-refractivity contribution in [1.82, 2.24) is 30.1 Å². The standard InChI is InChI=1S/C23H24ClN7O/c1-25-23(30(2)15-17-14-27-31(16-17)20-6-4-3-5-7-20)26-13-12-21-28-22(29-32-21)18-8-10-19(24)11-9-18/h3-11,14,16H,12-13,15H2,1-2H3,(H,25,26). The maximum Gasteiger partial charge on any atom is 0.228 e. The molecule has 0 aliphatic carbocycles. The number of halogens is 1. The zero-order valence-corrected chi connectivity index (χ0v) is 18.7. The van der Waals surface area contributed by atoms with E-state index in [0.29, 0.717) is 36.2 Å². The molecule has 8 nitrogen and oxygen atoms in total. The lowest BCUT2D eigenvalue weighted by Crippen LogP contribution is -2.39. The second-order valence-corrected chi connectivity index (χ2v) is 7.66. The summed E-state index contributed by atoms with van der Waals surface area (Å²) in [6, 6.07) is 17.4. The first-order chi connectivity index (χ1) is 15.6. The summed E-state index contributed by atoms with van der Waals surface area (Å²) in [6.07, 6.45) is 4.47. The Balaban J connectivity index is 1.29. The van der Waals surface area contributed by atoms with Crippen molar-refractivity contribution in [3.63, 3.8) is 0 Å².